The van der Waals surface area contributed by atoms with Crippen LogP contribution in [0.15, 0.2) is 42.5 Å². The molecule has 0 radical (unpaired) electrons. The van der Waals surface area contributed by atoms with E-state index in [1.54, 1.807) is 24.3 Å². The summed E-state index contributed by atoms with van der Waals surface area (Å²) in [6.45, 7) is 3.83. The standard InChI is InChI=1S/C26H28ClFN4O5/c1-26(2)12-22(33)32(23(34)13-26)17-8-9-20(19(28)10-17)30-24(35)21-11-18(37-3)14-31(21)25(36)29-16-6-4-15(27)5-7-16/h4-10,18,21H,11-14H2,1-3H3,(H,29,36)(H,30,35). The van der Waals surface area contributed by atoms with E-state index < -0.39 is 41.0 Å². The predicted molar refractivity (Wildman–Crippen MR) is 137 cm³/mol. The number of carbonyl (C=O) groups excluding carboxylic acids is 4. The molecule has 2 fully saturated rings. The third-order valence-corrected chi connectivity index (χ3v) is 6.73. The van der Waals surface area contributed by atoms with Gasteiger partial charge in [-0.25, -0.2) is 9.18 Å². The van der Waals surface area contributed by atoms with Crippen molar-refractivity contribution in [2.75, 3.05) is 29.2 Å². The van der Waals surface area contributed by atoms with Crippen LogP contribution in [0, 0.1) is 11.2 Å². The van der Waals surface area contributed by atoms with E-state index in [1.807, 2.05) is 13.8 Å². The van der Waals surface area contributed by atoms with Gasteiger partial charge in [-0.05, 0) is 41.8 Å². The summed E-state index contributed by atoms with van der Waals surface area (Å²) in [6.07, 6.45) is 0.173. The minimum atomic E-state index is -0.913. The van der Waals surface area contributed by atoms with Gasteiger partial charge in [-0.1, -0.05) is 25.4 Å². The Morgan fingerprint density at radius 3 is 2.30 bits per heavy atom. The zero-order valence-corrected chi connectivity index (χ0v) is 21.5. The van der Waals surface area contributed by atoms with E-state index in [1.165, 1.54) is 24.1 Å². The van der Waals surface area contributed by atoms with Gasteiger partial charge >= 0.3 is 6.03 Å². The maximum atomic E-state index is 15.0. The lowest BCUT2D eigenvalue weighted by Gasteiger charge is -2.34. The van der Waals surface area contributed by atoms with E-state index in [-0.39, 0.29) is 43.3 Å². The molecule has 2 heterocycles. The normalized spacial score (nSPS) is 21.2. The number of halogens is 2. The average molecular weight is 531 g/mol. The first-order valence-corrected chi connectivity index (χ1v) is 12.2. The van der Waals surface area contributed by atoms with Gasteiger partial charge in [-0.2, -0.15) is 0 Å². The molecule has 11 heteroatoms. The molecule has 2 aromatic carbocycles. The fourth-order valence-electron chi connectivity index (χ4n) is 4.60. The molecular formula is C26H28ClFN4O5. The van der Waals surface area contributed by atoms with Gasteiger partial charge < -0.3 is 20.3 Å². The Kier molecular flexibility index (Phi) is 7.52. The molecule has 0 bridgehead atoms. The van der Waals surface area contributed by atoms with Crippen molar-refractivity contribution >= 4 is 52.4 Å². The van der Waals surface area contributed by atoms with E-state index in [4.69, 9.17) is 16.3 Å². The zero-order chi connectivity index (χ0) is 26.9. The molecule has 2 saturated heterocycles. The summed E-state index contributed by atoms with van der Waals surface area (Å²) < 4.78 is 20.4. The van der Waals surface area contributed by atoms with Crippen LogP contribution in [-0.4, -0.2) is 54.5 Å². The Labute approximate surface area is 218 Å². The summed E-state index contributed by atoms with van der Waals surface area (Å²) in [4.78, 5) is 53.4. The van der Waals surface area contributed by atoms with Crippen LogP contribution in [-0.2, 0) is 19.1 Å². The van der Waals surface area contributed by atoms with Crippen LogP contribution in [0.1, 0.15) is 33.1 Å². The monoisotopic (exact) mass is 530 g/mol. The number of hydrogen-bond acceptors (Lipinski definition) is 5. The van der Waals surface area contributed by atoms with E-state index in [2.05, 4.69) is 10.6 Å². The quantitative estimate of drug-likeness (QED) is 0.556. The number of likely N-dealkylation sites (tertiary alicyclic amines) is 1. The first-order valence-electron chi connectivity index (χ1n) is 11.8. The number of carbonyl (C=O) groups is 4. The first kappa shape index (κ1) is 26.6. The van der Waals surface area contributed by atoms with Crippen molar-refractivity contribution in [3.05, 3.63) is 53.3 Å². The van der Waals surface area contributed by atoms with E-state index in [0.717, 1.165) is 11.0 Å². The highest BCUT2D eigenvalue weighted by Gasteiger charge is 2.41. The van der Waals surface area contributed by atoms with Crippen molar-refractivity contribution in [2.24, 2.45) is 5.41 Å². The summed E-state index contributed by atoms with van der Waals surface area (Å²) >= 11 is 5.89. The molecule has 2 aliphatic rings. The lowest BCUT2D eigenvalue weighted by molar-refractivity contribution is -0.132. The highest BCUT2D eigenvalue weighted by Crippen LogP contribution is 2.35. The number of benzene rings is 2. The predicted octanol–water partition coefficient (Wildman–Crippen LogP) is 4.42. The maximum absolute atomic E-state index is 15.0. The molecule has 0 spiro atoms. The number of nitrogens with zero attached hydrogens (tertiary/aromatic N) is 2. The van der Waals surface area contributed by atoms with Gasteiger partial charge in [-0.3, -0.25) is 19.3 Å². The van der Waals surface area contributed by atoms with Gasteiger partial charge in [0, 0.05) is 49.7 Å². The molecule has 37 heavy (non-hydrogen) atoms. The topological polar surface area (TPSA) is 108 Å². The van der Waals surface area contributed by atoms with Crippen LogP contribution in [0.4, 0.5) is 26.2 Å². The lowest BCUT2D eigenvalue weighted by atomic mass is 9.81. The summed E-state index contributed by atoms with van der Waals surface area (Å²) in [5.74, 6) is -2.22. The average Bonchev–Trinajstić information content (AvgIpc) is 3.26. The number of nitrogens with one attached hydrogen (secondary N) is 2. The number of methoxy groups -OCH3 is 1. The summed E-state index contributed by atoms with van der Waals surface area (Å²) in [5.41, 5.74) is 0.0148. The zero-order valence-electron chi connectivity index (χ0n) is 20.7. The molecule has 0 aliphatic carbocycles. The van der Waals surface area contributed by atoms with Gasteiger partial charge in [-0.15, -0.1) is 0 Å². The fourth-order valence-corrected chi connectivity index (χ4v) is 4.72. The largest absolute Gasteiger partial charge is 0.380 e. The van der Waals surface area contributed by atoms with Crippen LogP contribution in [0.25, 0.3) is 0 Å². The van der Waals surface area contributed by atoms with Crippen LogP contribution < -0.4 is 15.5 Å². The highest BCUT2D eigenvalue weighted by molar-refractivity contribution is 6.30. The van der Waals surface area contributed by atoms with Gasteiger partial charge in [0.05, 0.1) is 17.5 Å². The summed E-state index contributed by atoms with van der Waals surface area (Å²) in [7, 11) is 1.49. The van der Waals surface area contributed by atoms with Crippen molar-refractivity contribution in [3.8, 4) is 0 Å². The summed E-state index contributed by atoms with van der Waals surface area (Å²) in [6, 6.07) is 8.84. The van der Waals surface area contributed by atoms with Crippen molar-refractivity contribution in [3.63, 3.8) is 0 Å². The van der Waals surface area contributed by atoms with Crippen LogP contribution in [0.3, 0.4) is 0 Å². The molecule has 0 saturated carbocycles. The van der Waals surface area contributed by atoms with Gasteiger partial charge in [0.15, 0.2) is 0 Å². The third kappa shape index (κ3) is 5.91. The second-order valence-corrected chi connectivity index (χ2v) is 10.4. The molecular weight excluding hydrogens is 503 g/mol. The van der Waals surface area contributed by atoms with Crippen LogP contribution >= 0.6 is 11.6 Å². The van der Waals surface area contributed by atoms with Gasteiger partial charge in [0.2, 0.25) is 17.7 Å². The number of hydrogen-bond donors (Lipinski definition) is 2. The molecule has 196 valence electrons. The molecule has 2 atom stereocenters. The van der Waals surface area contributed by atoms with E-state index in [9.17, 15) is 23.6 Å². The Balaban J connectivity index is 1.47. The minimum Gasteiger partial charge on any atom is -0.380 e. The molecule has 4 rings (SSSR count). The highest BCUT2D eigenvalue weighted by atomic mass is 35.5. The number of amides is 5. The lowest BCUT2D eigenvalue weighted by Crippen LogP contribution is -2.46. The molecule has 2 N–H and O–H groups in total. The number of urea groups is 1. The maximum Gasteiger partial charge on any atom is 0.322 e. The van der Waals surface area contributed by atoms with Crippen molar-refractivity contribution in [2.45, 2.75) is 45.3 Å². The number of piperidine rings is 1. The van der Waals surface area contributed by atoms with E-state index in [0.29, 0.717) is 10.7 Å². The van der Waals surface area contributed by atoms with Crippen LogP contribution in [0.5, 0.6) is 0 Å². The smallest absolute Gasteiger partial charge is 0.322 e. The molecule has 0 aromatic heterocycles. The van der Waals surface area contributed by atoms with Crippen molar-refractivity contribution in [1.29, 1.82) is 0 Å². The third-order valence-electron chi connectivity index (χ3n) is 6.48. The molecule has 9 nitrogen and oxygen atoms in total. The molecule has 2 unspecified atom stereocenters. The number of imide groups is 1. The number of rotatable bonds is 5. The van der Waals surface area contributed by atoms with Crippen LogP contribution in [0.2, 0.25) is 5.02 Å². The van der Waals surface area contributed by atoms with Crippen molar-refractivity contribution < 1.29 is 28.3 Å². The Morgan fingerprint density at radius 2 is 1.70 bits per heavy atom. The number of anilines is 3. The summed E-state index contributed by atoms with van der Waals surface area (Å²) in [5, 5.41) is 5.76. The Morgan fingerprint density at radius 1 is 1.05 bits per heavy atom. The molecule has 2 aromatic rings. The molecule has 5 amide bonds. The number of ether oxygens (including phenoxy) is 1. The first-order chi connectivity index (χ1) is 17.5. The Bertz CT molecular complexity index is 1220. The second kappa shape index (κ2) is 10.5. The van der Waals surface area contributed by atoms with Crippen molar-refractivity contribution in [1.82, 2.24) is 4.90 Å². The Hall–Kier alpha value is -3.50. The van der Waals surface area contributed by atoms with Gasteiger partial charge in [0.25, 0.3) is 0 Å². The minimum absolute atomic E-state index is 0.102. The SMILES string of the molecule is COC1CC(C(=O)Nc2ccc(N3C(=O)CC(C)(C)CC3=O)cc2F)N(C(=O)Nc2ccc(Cl)cc2)C1. The van der Waals surface area contributed by atoms with Gasteiger partial charge in [0.1, 0.15) is 11.9 Å². The van der Waals surface area contributed by atoms with E-state index >= 15 is 0 Å². The molecule has 2 aliphatic heterocycles. The fraction of sp³-hybridized carbons (Fsp3) is 0.385. The second-order valence-electron chi connectivity index (χ2n) is 9.99.